The Labute approximate surface area is 108 Å². The molecule has 0 spiro atoms. The van der Waals surface area contributed by atoms with Crippen LogP contribution in [0.1, 0.15) is 41.5 Å². The lowest BCUT2D eigenvalue weighted by atomic mass is 10.1. The molecule has 0 aliphatic heterocycles. The number of rotatable bonds is 6. The van der Waals surface area contributed by atoms with Gasteiger partial charge >= 0.3 is 0 Å². The highest BCUT2D eigenvalue weighted by molar-refractivity contribution is 5.95. The van der Waals surface area contributed by atoms with E-state index < -0.39 is 0 Å². The van der Waals surface area contributed by atoms with E-state index in [0.29, 0.717) is 24.3 Å². The van der Waals surface area contributed by atoms with E-state index in [1.807, 2.05) is 18.7 Å². The second-order valence-electron chi connectivity index (χ2n) is 4.42. The van der Waals surface area contributed by atoms with Gasteiger partial charge in [0, 0.05) is 13.1 Å². The molecule has 0 atom stereocenters. The van der Waals surface area contributed by atoms with E-state index >= 15 is 0 Å². The SMILES string of the molecule is CCCN(CCCN)C(=O)c1cc(C)nnc1C. The normalized spacial score (nSPS) is 10.4. The van der Waals surface area contributed by atoms with Gasteiger partial charge in [0.05, 0.1) is 17.0 Å². The number of hydrogen-bond acceptors (Lipinski definition) is 4. The van der Waals surface area contributed by atoms with Gasteiger partial charge in [0.1, 0.15) is 0 Å². The fourth-order valence-corrected chi connectivity index (χ4v) is 1.80. The average molecular weight is 250 g/mol. The zero-order valence-corrected chi connectivity index (χ0v) is 11.4. The van der Waals surface area contributed by atoms with Gasteiger partial charge < -0.3 is 10.6 Å². The Kier molecular flexibility index (Phi) is 5.71. The molecule has 0 aromatic carbocycles. The first-order valence-corrected chi connectivity index (χ1v) is 6.40. The number of amides is 1. The van der Waals surface area contributed by atoms with E-state index in [1.165, 1.54) is 0 Å². The van der Waals surface area contributed by atoms with Crippen LogP contribution in [0.15, 0.2) is 6.07 Å². The molecule has 0 aliphatic rings. The Hall–Kier alpha value is -1.49. The predicted octanol–water partition coefficient (Wildman–Crippen LogP) is 1.29. The van der Waals surface area contributed by atoms with Crippen molar-refractivity contribution in [1.29, 1.82) is 0 Å². The number of hydrogen-bond donors (Lipinski definition) is 1. The summed E-state index contributed by atoms with van der Waals surface area (Å²) >= 11 is 0. The summed E-state index contributed by atoms with van der Waals surface area (Å²) < 4.78 is 0. The van der Waals surface area contributed by atoms with Crippen LogP contribution in [0.2, 0.25) is 0 Å². The van der Waals surface area contributed by atoms with Gasteiger partial charge in [0.15, 0.2) is 0 Å². The van der Waals surface area contributed by atoms with E-state index in [4.69, 9.17) is 5.73 Å². The summed E-state index contributed by atoms with van der Waals surface area (Å²) in [6.07, 6.45) is 1.76. The van der Waals surface area contributed by atoms with Crippen LogP contribution >= 0.6 is 0 Å². The van der Waals surface area contributed by atoms with Crippen LogP contribution < -0.4 is 5.73 Å². The standard InChI is InChI=1S/C13H22N4O/c1-4-7-17(8-5-6-14)13(18)12-9-10(2)15-16-11(12)3/h9H,4-8,14H2,1-3H3. The smallest absolute Gasteiger partial charge is 0.255 e. The molecule has 1 aromatic rings. The maximum Gasteiger partial charge on any atom is 0.255 e. The number of carbonyl (C=O) groups excluding carboxylic acids is 1. The monoisotopic (exact) mass is 250 g/mol. The largest absolute Gasteiger partial charge is 0.339 e. The molecule has 0 fully saturated rings. The Balaban J connectivity index is 2.90. The van der Waals surface area contributed by atoms with Crippen LogP contribution in [0.3, 0.4) is 0 Å². The van der Waals surface area contributed by atoms with Crippen LogP contribution in [-0.4, -0.2) is 40.6 Å². The molecule has 5 heteroatoms. The summed E-state index contributed by atoms with van der Waals surface area (Å²) in [5, 5.41) is 7.95. The minimum absolute atomic E-state index is 0.0285. The highest BCUT2D eigenvalue weighted by Crippen LogP contribution is 2.10. The zero-order chi connectivity index (χ0) is 13.5. The fourth-order valence-electron chi connectivity index (χ4n) is 1.80. The third kappa shape index (κ3) is 3.77. The maximum atomic E-state index is 12.4. The Morgan fingerprint density at radius 2 is 2.06 bits per heavy atom. The van der Waals surface area contributed by atoms with Gasteiger partial charge in [-0.15, -0.1) is 0 Å². The molecule has 100 valence electrons. The minimum atomic E-state index is 0.0285. The van der Waals surface area contributed by atoms with E-state index in [2.05, 4.69) is 17.1 Å². The van der Waals surface area contributed by atoms with Crippen molar-refractivity contribution in [3.8, 4) is 0 Å². The molecule has 1 aromatic heterocycles. The molecule has 0 bridgehead atoms. The Morgan fingerprint density at radius 1 is 1.33 bits per heavy atom. The molecule has 0 saturated carbocycles. The van der Waals surface area contributed by atoms with Gasteiger partial charge in [0.2, 0.25) is 0 Å². The molecule has 0 radical (unpaired) electrons. The lowest BCUT2D eigenvalue weighted by molar-refractivity contribution is 0.0753. The Morgan fingerprint density at radius 3 is 2.67 bits per heavy atom. The van der Waals surface area contributed by atoms with Gasteiger partial charge in [0.25, 0.3) is 5.91 Å². The molecule has 2 N–H and O–H groups in total. The van der Waals surface area contributed by atoms with Crippen molar-refractivity contribution in [2.24, 2.45) is 5.73 Å². The van der Waals surface area contributed by atoms with Crippen molar-refractivity contribution in [3.63, 3.8) is 0 Å². The quantitative estimate of drug-likeness (QED) is 0.826. The van der Waals surface area contributed by atoms with E-state index in [-0.39, 0.29) is 5.91 Å². The van der Waals surface area contributed by atoms with Gasteiger partial charge in [-0.05, 0) is 39.3 Å². The fraction of sp³-hybridized carbons (Fsp3) is 0.615. The Bertz CT molecular complexity index is 406. The number of nitrogens with two attached hydrogens (primary N) is 1. The number of aromatic nitrogens is 2. The maximum absolute atomic E-state index is 12.4. The molecule has 0 aliphatic carbocycles. The lowest BCUT2D eigenvalue weighted by Gasteiger charge is -2.22. The molecule has 1 heterocycles. The first-order chi connectivity index (χ1) is 8.60. The van der Waals surface area contributed by atoms with Gasteiger partial charge in [-0.1, -0.05) is 6.92 Å². The van der Waals surface area contributed by atoms with Gasteiger partial charge in [-0.3, -0.25) is 4.79 Å². The van der Waals surface area contributed by atoms with Crippen molar-refractivity contribution in [2.45, 2.75) is 33.6 Å². The summed E-state index contributed by atoms with van der Waals surface area (Å²) in [7, 11) is 0. The second kappa shape index (κ2) is 7.06. The molecule has 0 unspecified atom stereocenters. The molecule has 5 nitrogen and oxygen atoms in total. The summed E-state index contributed by atoms with van der Waals surface area (Å²) in [6, 6.07) is 1.80. The topological polar surface area (TPSA) is 72.1 Å². The van der Waals surface area contributed by atoms with E-state index in [1.54, 1.807) is 6.07 Å². The number of aryl methyl sites for hydroxylation is 2. The molecule has 1 amide bonds. The summed E-state index contributed by atoms with van der Waals surface area (Å²) in [5.74, 6) is 0.0285. The lowest BCUT2D eigenvalue weighted by Crippen LogP contribution is -2.34. The highest BCUT2D eigenvalue weighted by atomic mass is 16.2. The first-order valence-electron chi connectivity index (χ1n) is 6.40. The summed E-state index contributed by atoms with van der Waals surface area (Å²) in [6.45, 7) is 7.76. The molecule has 18 heavy (non-hydrogen) atoms. The van der Waals surface area contributed by atoms with Crippen molar-refractivity contribution >= 4 is 5.91 Å². The molecule has 1 rings (SSSR count). The third-order valence-electron chi connectivity index (χ3n) is 2.74. The number of carbonyl (C=O) groups is 1. The van der Waals surface area contributed by atoms with Crippen LogP contribution in [0.5, 0.6) is 0 Å². The minimum Gasteiger partial charge on any atom is -0.339 e. The predicted molar refractivity (Wildman–Crippen MR) is 71.4 cm³/mol. The van der Waals surface area contributed by atoms with E-state index in [0.717, 1.165) is 25.1 Å². The van der Waals surface area contributed by atoms with Crippen LogP contribution in [0, 0.1) is 13.8 Å². The highest BCUT2D eigenvalue weighted by Gasteiger charge is 2.17. The first kappa shape index (κ1) is 14.6. The number of nitrogens with zero attached hydrogens (tertiary/aromatic N) is 3. The zero-order valence-electron chi connectivity index (χ0n) is 11.4. The van der Waals surface area contributed by atoms with E-state index in [9.17, 15) is 4.79 Å². The van der Waals surface area contributed by atoms with Crippen molar-refractivity contribution in [3.05, 3.63) is 23.0 Å². The molecular weight excluding hydrogens is 228 g/mol. The van der Waals surface area contributed by atoms with Gasteiger partial charge in [-0.2, -0.15) is 10.2 Å². The molecule has 0 saturated heterocycles. The third-order valence-corrected chi connectivity index (χ3v) is 2.74. The summed E-state index contributed by atoms with van der Waals surface area (Å²) in [4.78, 5) is 14.3. The summed E-state index contributed by atoms with van der Waals surface area (Å²) in [5.41, 5.74) is 7.59. The van der Waals surface area contributed by atoms with Crippen LogP contribution in [0.4, 0.5) is 0 Å². The van der Waals surface area contributed by atoms with Gasteiger partial charge in [-0.25, -0.2) is 0 Å². The second-order valence-corrected chi connectivity index (χ2v) is 4.42. The molecular formula is C13H22N4O. The average Bonchev–Trinajstić information content (AvgIpc) is 2.36. The van der Waals surface area contributed by atoms with Crippen LogP contribution in [-0.2, 0) is 0 Å². The van der Waals surface area contributed by atoms with Crippen molar-refractivity contribution in [2.75, 3.05) is 19.6 Å². The van der Waals surface area contributed by atoms with Crippen molar-refractivity contribution in [1.82, 2.24) is 15.1 Å². The van der Waals surface area contributed by atoms with Crippen molar-refractivity contribution < 1.29 is 4.79 Å². The van der Waals surface area contributed by atoms with Crippen LogP contribution in [0.25, 0.3) is 0 Å².